The Morgan fingerprint density at radius 1 is 1.19 bits per heavy atom. The van der Waals surface area contributed by atoms with Gasteiger partial charge in [-0.3, -0.25) is 9.59 Å². The third-order valence-corrected chi connectivity index (χ3v) is 4.86. The number of benzene rings is 2. The number of nitrogens with zero attached hydrogens (tertiary/aromatic N) is 1. The van der Waals surface area contributed by atoms with E-state index in [1.54, 1.807) is 41.3 Å². The maximum atomic E-state index is 13.2. The molecule has 6 heteroatoms. The Balaban J connectivity index is 2.00. The SMILES string of the molecule is CCCN1C(=O)c2oc3ccccc3c(=O)c2C1c1ccc(O)c(OC)c1. The molecule has 1 aliphatic rings. The lowest BCUT2D eigenvalue weighted by Gasteiger charge is -2.25. The van der Waals surface area contributed by atoms with Gasteiger partial charge in [-0.15, -0.1) is 0 Å². The largest absolute Gasteiger partial charge is 0.504 e. The molecule has 2 aromatic carbocycles. The van der Waals surface area contributed by atoms with Crippen LogP contribution < -0.4 is 10.2 Å². The molecule has 138 valence electrons. The van der Waals surface area contributed by atoms with E-state index in [0.29, 0.717) is 28.6 Å². The van der Waals surface area contributed by atoms with Gasteiger partial charge in [0, 0.05) is 6.54 Å². The van der Waals surface area contributed by atoms with Crippen molar-refractivity contribution in [2.75, 3.05) is 13.7 Å². The van der Waals surface area contributed by atoms with E-state index >= 15 is 0 Å². The topological polar surface area (TPSA) is 80.0 Å². The van der Waals surface area contributed by atoms with Crippen LogP contribution in [-0.2, 0) is 0 Å². The zero-order valence-electron chi connectivity index (χ0n) is 15.1. The Morgan fingerprint density at radius 3 is 2.70 bits per heavy atom. The third-order valence-electron chi connectivity index (χ3n) is 4.86. The molecule has 1 atom stereocenters. The number of hydrogen-bond acceptors (Lipinski definition) is 5. The number of fused-ring (bicyclic) bond motifs is 2. The van der Waals surface area contributed by atoms with E-state index < -0.39 is 6.04 Å². The van der Waals surface area contributed by atoms with Gasteiger partial charge >= 0.3 is 0 Å². The van der Waals surface area contributed by atoms with E-state index in [9.17, 15) is 14.7 Å². The first-order chi connectivity index (χ1) is 13.1. The van der Waals surface area contributed by atoms with Gasteiger partial charge < -0.3 is 19.2 Å². The molecule has 3 aromatic rings. The average molecular weight is 365 g/mol. The lowest BCUT2D eigenvalue weighted by molar-refractivity contribution is 0.0728. The van der Waals surface area contributed by atoms with Crippen LogP contribution in [0.1, 0.15) is 41.1 Å². The molecule has 1 aromatic heterocycles. The smallest absolute Gasteiger partial charge is 0.290 e. The summed E-state index contributed by atoms with van der Waals surface area (Å²) >= 11 is 0. The van der Waals surface area contributed by atoms with Crippen LogP contribution in [0.2, 0.25) is 0 Å². The third kappa shape index (κ3) is 2.56. The predicted octanol–water partition coefficient (Wildman–Crippen LogP) is 3.46. The molecule has 1 aliphatic heterocycles. The molecular formula is C21H19NO5. The van der Waals surface area contributed by atoms with E-state index in [2.05, 4.69) is 0 Å². The normalized spacial score (nSPS) is 16.0. The van der Waals surface area contributed by atoms with Crippen molar-refractivity contribution in [3.8, 4) is 11.5 Å². The summed E-state index contributed by atoms with van der Waals surface area (Å²) in [7, 11) is 1.46. The highest BCUT2D eigenvalue weighted by Crippen LogP contribution is 2.40. The Hall–Kier alpha value is -3.28. The molecule has 0 fully saturated rings. The molecule has 1 unspecified atom stereocenters. The van der Waals surface area contributed by atoms with Crippen molar-refractivity contribution in [3.63, 3.8) is 0 Å². The van der Waals surface area contributed by atoms with Crippen molar-refractivity contribution in [1.82, 2.24) is 4.90 Å². The standard InChI is InChI=1S/C21H19NO5/c1-3-10-22-18(12-8-9-14(23)16(11-12)26-2)17-19(24)13-6-4-5-7-15(13)27-20(17)21(22)25/h4-9,11,18,23H,3,10H2,1-2H3. The molecule has 6 nitrogen and oxygen atoms in total. The fourth-order valence-corrected chi connectivity index (χ4v) is 3.65. The van der Waals surface area contributed by atoms with Crippen LogP contribution in [0.4, 0.5) is 0 Å². The summed E-state index contributed by atoms with van der Waals surface area (Å²) in [6.07, 6.45) is 0.735. The fourth-order valence-electron chi connectivity index (χ4n) is 3.65. The van der Waals surface area contributed by atoms with E-state index in [-0.39, 0.29) is 28.6 Å². The number of carbonyl (C=O) groups is 1. The van der Waals surface area contributed by atoms with Gasteiger partial charge in [0.05, 0.1) is 24.1 Å². The number of rotatable bonds is 4. The zero-order valence-corrected chi connectivity index (χ0v) is 15.1. The molecule has 0 aliphatic carbocycles. The first-order valence-corrected chi connectivity index (χ1v) is 8.80. The van der Waals surface area contributed by atoms with Gasteiger partial charge in [0.15, 0.2) is 16.9 Å². The lowest BCUT2D eigenvalue weighted by atomic mass is 9.98. The Kier molecular flexibility index (Phi) is 4.11. The number of phenols is 1. The van der Waals surface area contributed by atoms with Crippen LogP contribution in [0.15, 0.2) is 51.7 Å². The number of hydrogen-bond donors (Lipinski definition) is 1. The first-order valence-electron chi connectivity index (χ1n) is 8.80. The van der Waals surface area contributed by atoms with Gasteiger partial charge in [-0.05, 0) is 36.2 Å². The maximum Gasteiger partial charge on any atom is 0.290 e. The second-order valence-corrected chi connectivity index (χ2v) is 6.50. The van der Waals surface area contributed by atoms with E-state index in [4.69, 9.17) is 9.15 Å². The molecule has 0 saturated heterocycles. The molecule has 0 radical (unpaired) electrons. The average Bonchev–Trinajstić information content (AvgIpc) is 2.95. The van der Waals surface area contributed by atoms with Crippen LogP contribution in [-0.4, -0.2) is 29.6 Å². The van der Waals surface area contributed by atoms with E-state index in [1.807, 2.05) is 6.92 Å². The van der Waals surface area contributed by atoms with Crippen molar-refractivity contribution >= 4 is 16.9 Å². The van der Waals surface area contributed by atoms with Gasteiger partial charge in [0.25, 0.3) is 5.91 Å². The molecule has 4 rings (SSSR count). The second kappa shape index (κ2) is 6.46. The molecule has 1 amide bonds. The van der Waals surface area contributed by atoms with Gasteiger partial charge in [0.2, 0.25) is 5.76 Å². The van der Waals surface area contributed by atoms with Crippen molar-refractivity contribution in [2.45, 2.75) is 19.4 Å². The molecule has 0 spiro atoms. The van der Waals surface area contributed by atoms with Crippen molar-refractivity contribution in [1.29, 1.82) is 0 Å². The van der Waals surface area contributed by atoms with E-state index in [1.165, 1.54) is 13.2 Å². The summed E-state index contributed by atoms with van der Waals surface area (Å²) < 4.78 is 11.0. The summed E-state index contributed by atoms with van der Waals surface area (Å²) in [6.45, 7) is 2.45. The van der Waals surface area contributed by atoms with Crippen LogP contribution >= 0.6 is 0 Å². The number of amides is 1. The zero-order chi connectivity index (χ0) is 19.1. The Labute approximate surface area is 155 Å². The summed E-state index contributed by atoms with van der Waals surface area (Å²) in [4.78, 5) is 27.8. The minimum atomic E-state index is -0.581. The van der Waals surface area contributed by atoms with Gasteiger partial charge in [-0.1, -0.05) is 25.1 Å². The lowest BCUT2D eigenvalue weighted by Crippen LogP contribution is -2.30. The number of aromatic hydroxyl groups is 1. The summed E-state index contributed by atoms with van der Waals surface area (Å²) in [5.74, 6) is 0.0735. The number of ether oxygens (including phenoxy) is 1. The first kappa shape index (κ1) is 17.1. The second-order valence-electron chi connectivity index (χ2n) is 6.50. The minimum Gasteiger partial charge on any atom is -0.504 e. The highest BCUT2D eigenvalue weighted by Gasteiger charge is 2.42. The van der Waals surface area contributed by atoms with Crippen molar-refractivity contribution in [2.24, 2.45) is 0 Å². The summed E-state index contributed by atoms with van der Waals surface area (Å²) in [5, 5.41) is 10.3. The van der Waals surface area contributed by atoms with E-state index in [0.717, 1.165) is 6.42 Å². The Morgan fingerprint density at radius 2 is 1.96 bits per heavy atom. The highest BCUT2D eigenvalue weighted by molar-refractivity contribution is 5.99. The number of phenolic OH excluding ortho intramolecular Hbond substituents is 1. The van der Waals surface area contributed by atoms with Crippen molar-refractivity contribution in [3.05, 3.63) is 69.6 Å². The van der Waals surface area contributed by atoms with Crippen LogP contribution in [0, 0.1) is 0 Å². The number of para-hydroxylation sites is 1. The molecule has 2 heterocycles. The minimum absolute atomic E-state index is 0.00150. The molecular weight excluding hydrogens is 346 g/mol. The summed E-state index contributed by atoms with van der Waals surface area (Å²) in [5.41, 5.74) is 1.21. The molecule has 0 bridgehead atoms. The van der Waals surface area contributed by atoms with Gasteiger partial charge in [0.1, 0.15) is 5.58 Å². The molecule has 1 N–H and O–H groups in total. The number of methoxy groups -OCH3 is 1. The van der Waals surface area contributed by atoms with Gasteiger partial charge in [-0.25, -0.2) is 0 Å². The quantitative estimate of drug-likeness (QED) is 0.766. The summed E-state index contributed by atoms with van der Waals surface area (Å²) in [6, 6.07) is 11.2. The number of carbonyl (C=O) groups excluding carboxylic acids is 1. The predicted molar refractivity (Wildman–Crippen MR) is 100 cm³/mol. The fraction of sp³-hybridized carbons (Fsp3) is 0.238. The highest BCUT2D eigenvalue weighted by atomic mass is 16.5. The van der Waals surface area contributed by atoms with Crippen LogP contribution in [0.25, 0.3) is 11.0 Å². The van der Waals surface area contributed by atoms with Crippen LogP contribution in [0.3, 0.4) is 0 Å². The monoisotopic (exact) mass is 365 g/mol. The van der Waals surface area contributed by atoms with Crippen LogP contribution in [0.5, 0.6) is 11.5 Å². The van der Waals surface area contributed by atoms with Gasteiger partial charge in [-0.2, -0.15) is 0 Å². The maximum absolute atomic E-state index is 13.2. The van der Waals surface area contributed by atoms with Crippen molar-refractivity contribution < 1.29 is 19.1 Å². The Bertz CT molecular complexity index is 1100. The molecule has 27 heavy (non-hydrogen) atoms. The molecule has 0 saturated carbocycles.